The first kappa shape index (κ1) is 23.2. The number of carboxylic acid groups (broad SMARTS) is 1. The van der Waals surface area contributed by atoms with Gasteiger partial charge in [0.1, 0.15) is 16.3 Å². The summed E-state index contributed by atoms with van der Waals surface area (Å²) in [6.45, 7) is 1.80. The molecule has 0 aliphatic rings. The number of carbonyl (C=O) groups is 1. The van der Waals surface area contributed by atoms with Crippen molar-refractivity contribution in [1.29, 1.82) is 0 Å². The number of fused-ring (bicyclic) bond motifs is 1. The van der Waals surface area contributed by atoms with Gasteiger partial charge in [0.15, 0.2) is 11.5 Å². The third-order valence-corrected chi connectivity index (χ3v) is 7.15. The number of thioether (sulfide) groups is 1. The first-order chi connectivity index (χ1) is 15.6. The van der Waals surface area contributed by atoms with E-state index in [1.54, 1.807) is 13.0 Å². The summed E-state index contributed by atoms with van der Waals surface area (Å²) >= 11 is 2.81. The summed E-state index contributed by atoms with van der Waals surface area (Å²) in [4.78, 5) is 21.2. The molecule has 5 nitrogen and oxygen atoms in total. The number of thiazole rings is 1. The predicted molar refractivity (Wildman–Crippen MR) is 117 cm³/mol. The van der Waals surface area contributed by atoms with Gasteiger partial charge in [-0.2, -0.15) is 13.2 Å². The third-order valence-electron chi connectivity index (χ3n) is 4.74. The molecule has 0 bridgehead atoms. The van der Waals surface area contributed by atoms with E-state index >= 15 is 0 Å². The van der Waals surface area contributed by atoms with Gasteiger partial charge in [0, 0.05) is 27.5 Å². The van der Waals surface area contributed by atoms with E-state index in [-0.39, 0.29) is 12.8 Å². The van der Waals surface area contributed by atoms with Gasteiger partial charge in [-0.15, -0.1) is 23.1 Å². The van der Waals surface area contributed by atoms with Crippen LogP contribution in [0.2, 0.25) is 0 Å². The molecule has 0 aliphatic heterocycles. The number of hydrogen-bond donors (Lipinski definition) is 1. The number of benzene rings is 2. The Hall–Kier alpha value is -2.92. The lowest BCUT2D eigenvalue weighted by molar-refractivity contribution is -0.140. The molecule has 2 aromatic carbocycles. The number of hydrogen-bond acceptors (Lipinski definition) is 6. The Morgan fingerprint density at radius 2 is 1.97 bits per heavy atom. The zero-order chi connectivity index (χ0) is 23.8. The fraction of sp³-hybridized carbons (Fsp3) is 0.227. The number of halogens is 4. The van der Waals surface area contributed by atoms with Crippen molar-refractivity contribution < 1.29 is 31.9 Å². The Balaban J connectivity index is 1.48. The molecule has 0 unspecified atom stereocenters. The first-order valence-corrected chi connectivity index (χ1v) is 11.5. The van der Waals surface area contributed by atoms with E-state index in [9.17, 15) is 22.4 Å². The molecule has 0 radical (unpaired) electrons. The van der Waals surface area contributed by atoms with Gasteiger partial charge >= 0.3 is 12.1 Å². The molecule has 0 aliphatic carbocycles. The second-order valence-electron chi connectivity index (χ2n) is 7.14. The molecule has 2 heterocycles. The van der Waals surface area contributed by atoms with Crippen LogP contribution in [0.5, 0.6) is 0 Å². The second kappa shape index (κ2) is 9.14. The first-order valence-electron chi connectivity index (χ1n) is 9.67. The van der Waals surface area contributed by atoms with Gasteiger partial charge in [0.05, 0.1) is 17.7 Å². The number of aliphatic carboxylic acids is 1. The Bertz CT molecular complexity index is 1330. The summed E-state index contributed by atoms with van der Waals surface area (Å²) in [6, 6.07) is 8.30. The maximum Gasteiger partial charge on any atom is 0.419 e. The summed E-state index contributed by atoms with van der Waals surface area (Å²) in [7, 11) is 0. The van der Waals surface area contributed by atoms with Crippen LogP contribution in [-0.4, -0.2) is 21.0 Å². The van der Waals surface area contributed by atoms with Crippen molar-refractivity contribution in [3.8, 4) is 10.6 Å². The maximum absolute atomic E-state index is 13.9. The van der Waals surface area contributed by atoms with Gasteiger partial charge in [-0.25, -0.2) is 14.4 Å². The summed E-state index contributed by atoms with van der Waals surface area (Å²) < 4.78 is 57.9. The molecular formula is C22H16F4N2O3S2. The van der Waals surface area contributed by atoms with Crippen molar-refractivity contribution in [3.63, 3.8) is 0 Å². The molecule has 4 rings (SSSR count). The highest BCUT2D eigenvalue weighted by molar-refractivity contribution is 7.98. The Labute approximate surface area is 193 Å². The van der Waals surface area contributed by atoms with Crippen LogP contribution in [0.15, 0.2) is 45.7 Å². The van der Waals surface area contributed by atoms with E-state index in [0.29, 0.717) is 33.3 Å². The second-order valence-corrected chi connectivity index (χ2v) is 9.27. The van der Waals surface area contributed by atoms with E-state index in [1.165, 1.54) is 29.2 Å². The molecule has 33 heavy (non-hydrogen) atoms. The number of oxazole rings is 1. The van der Waals surface area contributed by atoms with Crippen LogP contribution in [-0.2, 0) is 23.1 Å². The number of aromatic nitrogens is 2. The highest BCUT2D eigenvalue weighted by atomic mass is 32.2. The van der Waals surface area contributed by atoms with Crippen molar-refractivity contribution in [2.24, 2.45) is 0 Å². The average Bonchev–Trinajstić information content (AvgIpc) is 3.32. The lowest BCUT2D eigenvalue weighted by Gasteiger charge is -2.08. The average molecular weight is 497 g/mol. The molecule has 11 heteroatoms. The molecule has 172 valence electrons. The highest BCUT2D eigenvalue weighted by Gasteiger charge is 2.34. The highest BCUT2D eigenvalue weighted by Crippen LogP contribution is 2.36. The standard InChI is InChI=1S/C22H16F4N2O3S2/c1-11-18(33-21(27-11)12-2-4-14(15(23)8-12)22(24,25)26)10-32-13-3-5-16-17(9-13)31-19(28-16)6-7-20(29)30/h2-5,8-9H,6-7,10H2,1H3,(H,29,30). The van der Waals surface area contributed by atoms with Crippen LogP contribution in [0.1, 0.15) is 28.4 Å². The van der Waals surface area contributed by atoms with Gasteiger partial charge in [-0.1, -0.05) is 6.07 Å². The van der Waals surface area contributed by atoms with E-state index in [4.69, 9.17) is 9.52 Å². The normalized spacial score (nSPS) is 11.9. The zero-order valence-electron chi connectivity index (χ0n) is 17.1. The summed E-state index contributed by atoms with van der Waals surface area (Å²) in [5.41, 5.74) is 0.910. The van der Waals surface area contributed by atoms with E-state index in [1.807, 2.05) is 12.1 Å². The maximum atomic E-state index is 13.9. The molecule has 0 amide bonds. The Kier molecular flexibility index (Phi) is 6.44. The lowest BCUT2D eigenvalue weighted by atomic mass is 10.1. The minimum absolute atomic E-state index is 0.0652. The van der Waals surface area contributed by atoms with E-state index in [2.05, 4.69) is 9.97 Å². The van der Waals surface area contributed by atoms with Crippen molar-refractivity contribution in [2.45, 2.75) is 36.6 Å². The fourth-order valence-corrected chi connectivity index (χ4v) is 5.20. The zero-order valence-corrected chi connectivity index (χ0v) is 18.7. The fourth-order valence-electron chi connectivity index (χ4n) is 3.08. The lowest BCUT2D eigenvalue weighted by Crippen LogP contribution is -2.07. The Morgan fingerprint density at radius 1 is 1.18 bits per heavy atom. The van der Waals surface area contributed by atoms with E-state index < -0.39 is 23.5 Å². The molecule has 1 N–H and O–H groups in total. The largest absolute Gasteiger partial charge is 0.481 e. The van der Waals surface area contributed by atoms with Crippen LogP contribution in [0.3, 0.4) is 0 Å². The van der Waals surface area contributed by atoms with Crippen LogP contribution in [0.4, 0.5) is 17.6 Å². The molecule has 2 aromatic heterocycles. The van der Waals surface area contributed by atoms with Gasteiger partial charge in [0.25, 0.3) is 0 Å². The minimum atomic E-state index is -4.75. The molecule has 0 atom stereocenters. The quantitative estimate of drug-likeness (QED) is 0.226. The molecule has 4 aromatic rings. The predicted octanol–water partition coefficient (Wildman–Crippen LogP) is 6.73. The molecule has 0 saturated heterocycles. The summed E-state index contributed by atoms with van der Waals surface area (Å²) in [6.07, 6.45) is -4.60. The molecule has 0 saturated carbocycles. The Morgan fingerprint density at radius 3 is 2.67 bits per heavy atom. The number of alkyl halides is 3. The number of carboxylic acids is 1. The van der Waals surface area contributed by atoms with Crippen molar-refractivity contribution in [3.05, 3.63) is 64.2 Å². The monoisotopic (exact) mass is 496 g/mol. The molecule has 0 spiro atoms. The van der Waals surface area contributed by atoms with Crippen molar-refractivity contribution in [1.82, 2.24) is 9.97 Å². The van der Waals surface area contributed by atoms with Crippen LogP contribution >= 0.6 is 23.1 Å². The van der Waals surface area contributed by atoms with Crippen LogP contribution in [0.25, 0.3) is 21.7 Å². The molecule has 0 fully saturated rings. The summed E-state index contributed by atoms with van der Waals surface area (Å²) in [5, 5.41) is 9.23. The van der Waals surface area contributed by atoms with Gasteiger partial charge in [0.2, 0.25) is 0 Å². The summed E-state index contributed by atoms with van der Waals surface area (Å²) in [5.74, 6) is -1.34. The topological polar surface area (TPSA) is 76.2 Å². The minimum Gasteiger partial charge on any atom is -0.481 e. The van der Waals surface area contributed by atoms with Crippen LogP contribution in [0, 0.1) is 12.7 Å². The smallest absolute Gasteiger partial charge is 0.419 e. The van der Waals surface area contributed by atoms with Crippen molar-refractivity contribution in [2.75, 3.05) is 0 Å². The van der Waals surface area contributed by atoms with Crippen molar-refractivity contribution >= 4 is 40.2 Å². The van der Waals surface area contributed by atoms with Gasteiger partial charge in [-0.05, 0) is 37.3 Å². The third kappa shape index (κ3) is 5.36. The van der Waals surface area contributed by atoms with Gasteiger partial charge in [-0.3, -0.25) is 4.79 Å². The molecular weight excluding hydrogens is 480 g/mol. The number of rotatable bonds is 7. The van der Waals surface area contributed by atoms with E-state index in [0.717, 1.165) is 27.6 Å². The number of nitrogens with zero attached hydrogens (tertiary/aromatic N) is 2. The SMILES string of the molecule is Cc1nc(-c2ccc(C(F)(F)F)c(F)c2)sc1CSc1ccc2nc(CCC(=O)O)oc2c1. The number of aryl methyl sites for hydroxylation is 2. The van der Waals surface area contributed by atoms with Crippen LogP contribution < -0.4 is 0 Å². The van der Waals surface area contributed by atoms with Gasteiger partial charge < -0.3 is 9.52 Å².